The molecule has 1 aromatic heterocycles. The summed E-state index contributed by atoms with van der Waals surface area (Å²) in [6.07, 6.45) is 0. The molecule has 0 aromatic carbocycles. The summed E-state index contributed by atoms with van der Waals surface area (Å²) in [5.41, 5.74) is 1.07. The number of rotatable bonds is 4. The molecular formula is C11H17NO2S. The molecule has 4 heteroatoms. The van der Waals surface area contributed by atoms with Gasteiger partial charge in [-0.1, -0.05) is 13.8 Å². The highest BCUT2D eigenvalue weighted by atomic mass is 32.1. The Labute approximate surface area is 94.1 Å². The normalized spacial score (nSPS) is 12.9. The van der Waals surface area contributed by atoms with Gasteiger partial charge in [-0.05, 0) is 29.9 Å². The summed E-state index contributed by atoms with van der Waals surface area (Å²) in [6.45, 7) is 5.87. The van der Waals surface area contributed by atoms with Crippen LogP contribution in [0.3, 0.4) is 0 Å². The number of aliphatic hydroxyl groups is 1. The molecule has 2 N–H and O–H groups in total. The average Bonchev–Trinajstić information content (AvgIpc) is 2.65. The van der Waals surface area contributed by atoms with Crippen molar-refractivity contribution in [1.29, 1.82) is 0 Å². The van der Waals surface area contributed by atoms with E-state index in [0.717, 1.165) is 10.4 Å². The third kappa shape index (κ3) is 3.04. The van der Waals surface area contributed by atoms with Crippen LogP contribution in [0.4, 0.5) is 0 Å². The lowest BCUT2D eigenvalue weighted by molar-refractivity contribution is 0.0925. The third-order valence-electron chi connectivity index (χ3n) is 2.18. The smallest absolute Gasteiger partial charge is 0.261 e. The molecule has 1 unspecified atom stereocenters. The summed E-state index contributed by atoms with van der Waals surface area (Å²) in [5.74, 6) is 0.261. The van der Waals surface area contributed by atoms with Gasteiger partial charge in [-0.15, -0.1) is 11.3 Å². The minimum atomic E-state index is -0.195. The van der Waals surface area contributed by atoms with Crippen LogP contribution in [0.2, 0.25) is 0 Å². The Morgan fingerprint density at radius 1 is 1.53 bits per heavy atom. The van der Waals surface area contributed by atoms with Gasteiger partial charge in [0, 0.05) is 6.04 Å². The van der Waals surface area contributed by atoms with Gasteiger partial charge in [-0.2, -0.15) is 0 Å². The Morgan fingerprint density at radius 2 is 2.20 bits per heavy atom. The molecule has 0 aliphatic heterocycles. The van der Waals surface area contributed by atoms with Crippen molar-refractivity contribution in [1.82, 2.24) is 5.32 Å². The first kappa shape index (κ1) is 12.2. The number of hydrogen-bond donors (Lipinski definition) is 2. The van der Waals surface area contributed by atoms with Crippen molar-refractivity contribution in [2.24, 2.45) is 0 Å². The second-order valence-electron chi connectivity index (χ2n) is 3.92. The van der Waals surface area contributed by atoms with Crippen LogP contribution >= 0.6 is 11.3 Å². The van der Waals surface area contributed by atoms with Gasteiger partial charge in [-0.3, -0.25) is 4.79 Å². The molecule has 15 heavy (non-hydrogen) atoms. The molecule has 0 radical (unpaired) electrons. The van der Waals surface area contributed by atoms with Crippen LogP contribution in [-0.4, -0.2) is 23.7 Å². The molecule has 0 saturated carbocycles. The van der Waals surface area contributed by atoms with Crippen LogP contribution in [0.1, 0.15) is 41.9 Å². The number of thiophene rings is 1. The summed E-state index contributed by atoms with van der Waals surface area (Å²) < 4.78 is 0. The molecule has 0 aliphatic carbocycles. The zero-order valence-corrected chi connectivity index (χ0v) is 10.1. The van der Waals surface area contributed by atoms with E-state index in [1.807, 2.05) is 11.4 Å². The zero-order chi connectivity index (χ0) is 11.4. The Hall–Kier alpha value is -0.870. The summed E-state index contributed by atoms with van der Waals surface area (Å²) >= 11 is 1.44. The maximum absolute atomic E-state index is 11.8. The Kier molecular flexibility index (Phi) is 4.29. The Balaban J connectivity index is 2.77. The molecule has 0 spiro atoms. The predicted molar refractivity (Wildman–Crippen MR) is 62.4 cm³/mol. The van der Waals surface area contributed by atoms with E-state index in [1.165, 1.54) is 11.3 Å². The molecule has 0 fully saturated rings. The van der Waals surface area contributed by atoms with E-state index in [4.69, 9.17) is 5.11 Å². The average molecular weight is 227 g/mol. The summed E-state index contributed by atoms with van der Waals surface area (Å²) in [6, 6.07) is 1.79. The molecule has 1 amide bonds. The summed E-state index contributed by atoms with van der Waals surface area (Å²) in [7, 11) is 0. The maximum atomic E-state index is 11.8. The predicted octanol–water partition coefficient (Wildman–Crippen LogP) is 1.98. The summed E-state index contributed by atoms with van der Waals surface area (Å²) in [5, 5.41) is 13.5. The monoisotopic (exact) mass is 227 g/mol. The number of aliphatic hydroxyl groups excluding tert-OH is 1. The van der Waals surface area contributed by atoms with Crippen molar-refractivity contribution in [3.63, 3.8) is 0 Å². The number of hydrogen-bond acceptors (Lipinski definition) is 3. The van der Waals surface area contributed by atoms with Crippen molar-refractivity contribution in [2.75, 3.05) is 6.61 Å². The van der Waals surface area contributed by atoms with E-state index in [0.29, 0.717) is 5.92 Å². The van der Waals surface area contributed by atoms with Gasteiger partial charge in [-0.25, -0.2) is 0 Å². The molecule has 1 heterocycles. The fourth-order valence-electron chi connectivity index (χ4n) is 1.29. The van der Waals surface area contributed by atoms with Crippen LogP contribution in [0.15, 0.2) is 11.4 Å². The maximum Gasteiger partial charge on any atom is 0.261 e. The van der Waals surface area contributed by atoms with E-state index in [1.54, 1.807) is 6.92 Å². The molecule has 0 aliphatic rings. The number of nitrogens with one attached hydrogen (secondary N) is 1. The van der Waals surface area contributed by atoms with Crippen LogP contribution < -0.4 is 5.32 Å². The van der Waals surface area contributed by atoms with Gasteiger partial charge in [0.05, 0.1) is 11.5 Å². The van der Waals surface area contributed by atoms with Crippen molar-refractivity contribution in [3.8, 4) is 0 Å². The molecule has 1 aromatic rings. The highest BCUT2D eigenvalue weighted by molar-refractivity contribution is 7.12. The van der Waals surface area contributed by atoms with Crippen molar-refractivity contribution in [2.45, 2.75) is 32.7 Å². The van der Waals surface area contributed by atoms with Crippen LogP contribution in [-0.2, 0) is 0 Å². The van der Waals surface area contributed by atoms with E-state index < -0.39 is 0 Å². The van der Waals surface area contributed by atoms with Crippen LogP contribution in [0.5, 0.6) is 0 Å². The lowest BCUT2D eigenvalue weighted by Gasteiger charge is -2.12. The molecule has 1 atom stereocenters. The largest absolute Gasteiger partial charge is 0.394 e. The van der Waals surface area contributed by atoms with Gasteiger partial charge in [0.25, 0.3) is 5.91 Å². The molecule has 0 saturated heterocycles. The van der Waals surface area contributed by atoms with Gasteiger partial charge in [0.1, 0.15) is 0 Å². The lowest BCUT2D eigenvalue weighted by Crippen LogP contribution is -2.35. The first-order valence-corrected chi connectivity index (χ1v) is 5.93. The number of amides is 1. The first-order chi connectivity index (χ1) is 7.06. The SMILES string of the molecule is CC(CO)NC(=O)c1sccc1C(C)C. The topological polar surface area (TPSA) is 49.3 Å². The second-order valence-corrected chi connectivity index (χ2v) is 4.83. The minimum Gasteiger partial charge on any atom is -0.394 e. The lowest BCUT2D eigenvalue weighted by atomic mass is 10.0. The van der Waals surface area contributed by atoms with E-state index in [2.05, 4.69) is 19.2 Å². The van der Waals surface area contributed by atoms with E-state index in [9.17, 15) is 4.79 Å². The summed E-state index contributed by atoms with van der Waals surface area (Å²) in [4.78, 5) is 12.5. The highest BCUT2D eigenvalue weighted by Gasteiger charge is 2.16. The van der Waals surface area contributed by atoms with E-state index >= 15 is 0 Å². The molecule has 1 rings (SSSR count). The van der Waals surface area contributed by atoms with Gasteiger partial charge < -0.3 is 10.4 Å². The van der Waals surface area contributed by atoms with Crippen LogP contribution in [0.25, 0.3) is 0 Å². The van der Waals surface area contributed by atoms with Crippen LogP contribution in [0, 0.1) is 0 Å². The fraction of sp³-hybridized carbons (Fsp3) is 0.545. The van der Waals surface area contributed by atoms with Gasteiger partial charge >= 0.3 is 0 Å². The molecule has 84 valence electrons. The van der Waals surface area contributed by atoms with Crippen molar-refractivity contribution < 1.29 is 9.90 Å². The second kappa shape index (κ2) is 5.28. The number of carbonyl (C=O) groups excluding carboxylic acids is 1. The fourth-order valence-corrected chi connectivity index (χ4v) is 2.25. The zero-order valence-electron chi connectivity index (χ0n) is 9.28. The van der Waals surface area contributed by atoms with Crippen molar-refractivity contribution >= 4 is 17.2 Å². The highest BCUT2D eigenvalue weighted by Crippen LogP contribution is 2.24. The van der Waals surface area contributed by atoms with Gasteiger partial charge in [0.2, 0.25) is 0 Å². The quantitative estimate of drug-likeness (QED) is 0.826. The Bertz CT molecular complexity index is 333. The van der Waals surface area contributed by atoms with E-state index in [-0.39, 0.29) is 18.6 Å². The number of carbonyl (C=O) groups is 1. The third-order valence-corrected chi connectivity index (χ3v) is 3.10. The molecular weight excluding hydrogens is 210 g/mol. The minimum absolute atomic E-state index is 0.0336. The standard InChI is InChI=1S/C11H17NO2S/c1-7(2)9-4-5-15-10(9)11(14)12-8(3)6-13/h4-5,7-8,13H,6H2,1-3H3,(H,12,14). The first-order valence-electron chi connectivity index (χ1n) is 5.05. The van der Waals surface area contributed by atoms with Crippen molar-refractivity contribution in [3.05, 3.63) is 21.9 Å². The molecule has 0 bridgehead atoms. The van der Waals surface area contributed by atoms with Gasteiger partial charge in [0.15, 0.2) is 0 Å². The molecule has 3 nitrogen and oxygen atoms in total. The Morgan fingerprint density at radius 3 is 2.73 bits per heavy atom.